The number of thioether (sulfide) groups is 1. The lowest BCUT2D eigenvalue weighted by atomic mass is 10.2. The van der Waals surface area contributed by atoms with E-state index in [0.717, 1.165) is 11.8 Å². The topological polar surface area (TPSA) is 111 Å². The Bertz CT molecular complexity index is 432. The summed E-state index contributed by atoms with van der Waals surface area (Å²) in [5.74, 6) is -0.808. The Kier molecular flexibility index (Phi) is 4.50. The lowest BCUT2D eigenvalue weighted by Gasteiger charge is -2.14. The molecule has 0 aliphatic rings. The number of carboxylic acid groups (broad SMARTS) is 1. The molecular weight excluding hydrogens is 244 g/mol. The van der Waals surface area contributed by atoms with Gasteiger partial charge in [-0.15, -0.1) is 10.2 Å². The Hall–Kier alpha value is -1.57. The summed E-state index contributed by atoms with van der Waals surface area (Å²) in [5, 5.41) is 16.8. The highest BCUT2D eigenvalue weighted by Crippen LogP contribution is 2.22. The van der Waals surface area contributed by atoms with Crippen molar-refractivity contribution in [3.05, 3.63) is 5.82 Å². The molecule has 8 heteroatoms. The van der Waals surface area contributed by atoms with Crippen molar-refractivity contribution >= 4 is 23.6 Å². The maximum absolute atomic E-state index is 10.9. The van der Waals surface area contributed by atoms with E-state index in [1.807, 2.05) is 6.92 Å². The number of aromatic nitrogens is 3. The summed E-state index contributed by atoms with van der Waals surface area (Å²) < 4.78 is 1.72. The van der Waals surface area contributed by atoms with Gasteiger partial charge in [-0.3, -0.25) is 9.59 Å². The quantitative estimate of drug-likeness (QED) is 0.705. The first kappa shape index (κ1) is 13.5. The van der Waals surface area contributed by atoms with E-state index in [1.54, 1.807) is 11.5 Å². The fourth-order valence-electron chi connectivity index (χ4n) is 1.46. The van der Waals surface area contributed by atoms with Crippen molar-refractivity contribution in [3.63, 3.8) is 0 Å². The summed E-state index contributed by atoms with van der Waals surface area (Å²) in [6, 6.07) is -0.182. The first-order valence-corrected chi connectivity index (χ1v) is 5.94. The first-order valence-electron chi connectivity index (χ1n) is 4.96. The predicted octanol–water partition coefficient (Wildman–Crippen LogP) is 0.200. The zero-order valence-corrected chi connectivity index (χ0v) is 10.4. The van der Waals surface area contributed by atoms with Gasteiger partial charge in [0.15, 0.2) is 5.16 Å². The van der Waals surface area contributed by atoms with Gasteiger partial charge in [-0.25, -0.2) is 0 Å². The fraction of sp³-hybridized carbons (Fsp3) is 0.556. The van der Waals surface area contributed by atoms with Gasteiger partial charge < -0.3 is 15.4 Å². The molecule has 1 amide bonds. The number of primary amides is 1. The van der Waals surface area contributed by atoms with E-state index in [9.17, 15) is 9.59 Å². The molecule has 1 atom stereocenters. The number of carbonyl (C=O) groups is 2. The van der Waals surface area contributed by atoms with Crippen LogP contribution in [-0.2, 0) is 9.59 Å². The summed E-state index contributed by atoms with van der Waals surface area (Å²) >= 11 is 1.07. The van der Waals surface area contributed by atoms with Crippen LogP contribution >= 0.6 is 11.8 Å². The zero-order valence-electron chi connectivity index (χ0n) is 9.58. The largest absolute Gasteiger partial charge is 0.481 e. The number of aliphatic carboxylic acids is 1. The molecule has 1 unspecified atom stereocenters. The van der Waals surface area contributed by atoms with E-state index in [2.05, 4.69) is 10.2 Å². The summed E-state index contributed by atoms with van der Waals surface area (Å²) in [4.78, 5) is 21.3. The minimum atomic E-state index is -0.926. The van der Waals surface area contributed by atoms with Crippen molar-refractivity contribution in [2.75, 3.05) is 5.75 Å². The SMILES string of the molecule is Cc1nnc(SCC(=O)O)n1C(C)CC(N)=O. The summed E-state index contributed by atoms with van der Waals surface area (Å²) in [6.07, 6.45) is 0.166. The number of hydrogen-bond donors (Lipinski definition) is 2. The van der Waals surface area contributed by atoms with Gasteiger partial charge >= 0.3 is 5.97 Å². The third kappa shape index (κ3) is 3.74. The molecule has 94 valence electrons. The molecule has 0 saturated heterocycles. The molecule has 0 radical (unpaired) electrons. The van der Waals surface area contributed by atoms with Gasteiger partial charge in [0.2, 0.25) is 5.91 Å². The molecule has 0 aliphatic carbocycles. The lowest BCUT2D eigenvalue weighted by molar-refractivity contribution is -0.134. The van der Waals surface area contributed by atoms with Crippen molar-refractivity contribution in [3.8, 4) is 0 Å². The predicted molar refractivity (Wildman–Crippen MR) is 61.6 cm³/mol. The number of carbonyl (C=O) groups excluding carboxylic acids is 1. The van der Waals surface area contributed by atoms with Crippen molar-refractivity contribution in [2.24, 2.45) is 5.73 Å². The molecule has 0 spiro atoms. The van der Waals surface area contributed by atoms with E-state index >= 15 is 0 Å². The third-order valence-electron chi connectivity index (χ3n) is 2.10. The van der Waals surface area contributed by atoms with Crippen LogP contribution < -0.4 is 5.73 Å². The molecule has 0 aromatic carbocycles. The number of aryl methyl sites for hydroxylation is 1. The van der Waals surface area contributed by atoms with Gasteiger partial charge in [0.25, 0.3) is 0 Å². The van der Waals surface area contributed by atoms with E-state index in [-0.39, 0.29) is 18.2 Å². The molecule has 1 aromatic heterocycles. The highest BCUT2D eigenvalue weighted by Gasteiger charge is 2.17. The molecule has 0 saturated carbocycles. The number of amides is 1. The number of nitrogens with zero attached hydrogens (tertiary/aromatic N) is 3. The van der Waals surface area contributed by atoms with Crippen LogP contribution in [0.3, 0.4) is 0 Å². The van der Waals surface area contributed by atoms with Crippen LogP contribution in [0, 0.1) is 6.92 Å². The maximum atomic E-state index is 10.9. The van der Waals surface area contributed by atoms with Gasteiger partial charge in [-0.2, -0.15) is 0 Å². The minimum Gasteiger partial charge on any atom is -0.481 e. The zero-order chi connectivity index (χ0) is 13.0. The Labute approximate surface area is 102 Å². The average molecular weight is 258 g/mol. The van der Waals surface area contributed by atoms with Gasteiger partial charge in [0, 0.05) is 12.5 Å². The Morgan fingerprint density at radius 3 is 2.71 bits per heavy atom. The monoisotopic (exact) mass is 258 g/mol. The first-order chi connectivity index (χ1) is 7.91. The van der Waals surface area contributed by atoms with Crippen LogP contribution in [-0.4, -0.2) is 37.5 Å². The van der Waals surface area contributed by atoms with Gasteiger partial charge in [0.05, 0.1) is 5.75 Å². The second-order valence-electron chi connectivity index (χ2n) is 3.60. The molecular formula is C9H14N4O3S. The Morgan fingerprint density at radius 1 is 1.53 bits per heavy atom. The molecule has 0 aliphatic heterocycles. The molecule has 7 nitrogen and oxygen atoms in total. The van der Waals surface area contributed by atoms with Crippen molar-refractivity contribution in [2.45, 2.75) is 31.5 Å². The Balaban J connectivity index is 2.85. The van der Waals surface area contributed by atoms with Crippen molar-refractivity contribution in [1.82, 2.24) is 14.8 Å². The van der Waals surface area contributed by atoms with Crippen LogP contribution in [0.2, 0.25) is 0 Å². The number of nitrogens with two attached hydrogens (primary N) is 1. The second-order valence-corrected chi connectivity index (χ2v) is 4.54. The number of carboxylic acids is 1. The average Bonchev–Trinajstić information content (AvgIpc) is 2.55. The summed E-state index contributed by atoms with van der Waals surface area (Å²) in [6.45, 7) is 3.56. The third-order valence-corrected chi connectivity index (χ3v) is 3.02. The lowest BCUT2D eigenvalue weighted by Crippen LogP contribution is -2.19. The molecule has 17 heavy (non-hydrogen) atoms. The van der Waals surface area contributed by atoms with E-state index < -0.39 is 11.9 Å². The summed E-state index contributed by atoms with van der Waals surface area (Å²) in [7, 11) is 0. The van der Waals surface area contributed by atoms with Crippen LogP contribution in [0.1, 0.15) is 25.2 Å². The number of rotatable bonds is 6. The molecule has 0 fully saturated rings. The van der Waals surface area contributed by atoms with E-state index in [0.29, 0.717) is 11.0 Å². The maximum Gasteiger partial charge on any atom is 0.313 e. The smallest absolute Gasteiger partial charge is 0.313 e. The van der Waals surface area contributed by atoms with E-state index in [1.165, 1.54) is 0 Å². The highest BCUT2D eigenvalue weighted by molar-refractivity contribution is 7.99. The minimum absolute atomic E-state index is 0.0958. The van der Waals surface area contributed by atoms with Crippen LogP contribution in [0.5, 0.6) is 0 Å². The Morgan fingerprint density at radius 2 is 2.18 bits per heavy atom. The molecule has 0 bridgehead atoms. The van der Waals surface area contributed by atoms with Crippen LogP contribution in [0.4, 0.5) is 0 Å². The van der Waals surface area contributed by atoms with Crippen molar-refractivity contribution < 1.29 is 14.7 Å². The molecule has 1 rings (SSSR count). The molecule has 3 N–H and O–H groups in total. The van der Waals surface area contributed by atoms with Gasteiger partial charge in [0.1, 0.15) is 5.82 Å². The summed E-state index contributed by atoms with van der Waals surface area (Å²) in [5.41, 5.74) is 5.13. The number of hydrogen-bond acceptors (Lipinski definition) is 5. The normalized spacial score (nSPS) is 12.4. The molecule has 1 aromatic rings. The second kappa shape index (κ2) is 5.67. The van der Waals surface area contributed by atoms with Crippen LogP contribution in [0.25, 0.3) is 0 Å². The van der Waals surface area contributed by atoms with Gasteiger partial charge in [-0.1, -0.05) is 11.8 Å². The molecule has 1 heterocycles. The highest BCUT2D eigenvalue weighted by atomic mass is 32.2. The fourth-order valence-corrected chi connectivity index (χ4v) is 2.27. The van der Waals surface area contributed by atoms with E-state index in [4.69, 9.17) is 10.8 Å². The standard InChI is InChI=1S/C9H14N4O3S/c1-5(3-7(10)14)13-6(2)11-12-9(13)17-4-8(15)16/h5H,3-4H2,1-2H3,(H2,10,14)(H,15,16). The van der Waals surface area contributed by atoms with Crippen LogP contribution in [0.15, 0.2) is 5.16 Å². The van der Waals surface area contributed by atoms with Gasteiger partial charge in [-0.05, 0) is 13.8 Å². The van der Waals surface area contributed by atoms with Crippen molar-refractivity contribution in [1.29, 1.82) is 0 Å².